The molecule has 0 amide bonds. The number of ether oxygens (including phenoxy) is 5. The highest BCUT2D eigenvalue weighted by Gasteiger charge is 2.15. The molecule has 4 rings (SSSR count). The summed E-state index contributed by atoms with van der Waals surface area (Å²) in [4.78, 5) is 0. The minimum Gasteiger partial charge on any atom is -0.508 e. The lowest BCUT2D eigenvalue weighted by Crippen LogP contribution is -2.02. The van der Waals surface area contributed by atoms with Crippen LogP contribution in [0, 0.1) is 0 Å². The molecule has 7 nitrogen and oxygen atoms in total. The van der Waals surface area contributed by atoms with Crippen molar-refractivity contribution in [2.45, 2.75) is 13.2 Å². The summed E-state index contributed by atoms with van der Waals surface area (Å²) in [5.41, 5.74) is 2.16. The minimum absolute atomic E-state index is 0.0281. The molecule has 0 aliphatic carbocycles. The van der Waals surface area contributed by atoms with E-state index in [0.717, 1.165) is 11.1 Å². The normalized spacial score (nSPS) is 9.97. The van der Waals surface area contributed by atoms with E-state index in [0.29, 0.717) is 36.2 Å². The molecule has 0 aliphatic heterocycles. The molecule has 0 unspecified atom stereocenters. The fraction of sp³-hybridized carbons (Fsp3) is 0.172. The smallest absolute Gasteiger partial charge is 0.204 e. The molecular weight excluding hydrogens is 460 g/mol. The third-order valence-electron chi connectivity index (χ3n) is 5.07. The summed E-state index contributed by atoms with van der Waals surface area (Å²) in [6.07, 6.45) is 0. The van der Waals surface area contributed by atoms with Crippen LogP contribution in [-0.2, 0) is 13.2 Å². The van der Waals surface area contributed by atoms with Gasteiger partial charge < -0.3 is 33.9 Å². The van der Waals surface area contributed by atoms with Crippen LogP contribution in [0.15, 0.2) is 91.0 Å². The lowest BCUT2D eigenvalue weighted by atomic mass is 10.2. The molecule has 36 heavy (non-hydrogen) atoms. The number of hydrogen-bond acceptors (Lipinski definition) is 7. The largest absolute Gasteiger partial charge is 0.508 e. The maximum atomic E-state index is 9.00. The molecule has 0 saturated heterocycles. The standard InChI is InChI=1S/C22H22O4.C7H8O3/c1-23-20-13-19(25-15-17-9-5-3-6-10-17)14-21(24-2)22(20)26-16-18-11-7-4-8-12-18;1-10-7-4-5(8)2-3-6(7)9/h3-14H,15-16H2,1-2H3;2-4,8-9H,1H3. The summed E-state index contributed by atoms with van der Waals surface area (Å²) >= 11 is 0. The van der Waals surface area contributed by atoms with Gasteiger partial charge >= 0.3 is 0 Å². The summed E-state index contributed by atoms with van der Waals surface area (Å²) in [6, 6.07) is 27.7. The molecular formula is C29H30O7. The average Bonchev–Trinajstić information content (AvgIpc) is 2.93. The number of phenolic OH excluding ortho intramolecular Hbond substituents is 2. The highest BCUT2D eigenvalue weighted by atomic mass is 16.5. The van der Waals surface area contributed by atoms with Crippen LogP contribution in [0.2, 0.25) is 0 Å². The predicted octanol–water partition coefficient (Wildman–Crippen LogP) is 5.97. The topological polar surface area (TPSA) is 86.6 Å². The van der Waals surface area contributed by atoms with Crippen LogP contribution >= 0.6 is 0 Å². The summed E-state index contributed by atoms with van der Waals surface area (Å²) in [5, 5.41) is 17.9. The monoisotopic (exact) mass is 490 g/mol. The fourth-order valence-electron chi connectivity index (χ4n) is 3.22. The van der Waals surface area contributed by atoms with Gasteiger partial charge in [0, 0.05) is 18.2 Å². The number of benzene rings is 4. The second-order valence-electron chi connectivity index (χ2n) is 7.56. The Morgan fingerprint density at radius 1 is 0.556 bits per heavy atom. The zero-order valence-corrected chi connectivity index (χ0v) is 20.5. The number of rotatable bonds is 9. The first-order valence-electron chi connectivity index (χ1n) is 11.2. The summed E-state index contributed by atoms with van der Waals surface area (Å²) < 4.78 is 27.5. The third kappa shape index (κ3) is 7.50. The first kappa shape index (κ1) is 26.1. The predicted molar refractivity (Wildman–Crippen MR) is 137 cm³/mol. The molecule has 0 atom stereocenters. The van der Waals surface area contributed by atoms with Crippen molar-refractivity contribution >= 4 is 0 Å². The molecule has 2 N–H and O–H groups in total. The second kappa shape index (κ2) is 13.4. The van der Waals surface area contributed by atoms with Gasteiger partial charge in [-0.15, -0.1) is 0 Å². The van der Waals surface area contributed by atoms with Crippen LogP contribution in [0.4, 0.5) is 0 Å². The first-order chi connectivity index (χ1) is 17.5. The van der Waals surface area contributed by atoms with Gasteiger partial charge in [0.15, 0.2) is 23.0 Å². The Kier molecular flexibility index (Phi) is 9.70. The number of aromatic hydroxyl groups is 2. The van der Waals surface area contributed by atoms with Crippen LogP contribution in [-0.4, -0.2) is 31.5 Å². The van der Waals surface area contributed by atoms with Gasteiger partial charge in [0.1, 0.15) is 24.7 Å². The van der Waals surface area contributed by atoms with Gasteiger partial charge in [0.25, 0.3) is 0 Å². The Labute approximate surface area is 211 Å². The third-order valence-corrected chi connectivity index (χ3v) is 5.07. The van der Waals surface area contributed by atoms with Gasteiger partial charge in [-0.2, -0.15) is 0 Å². The Morgan fingerprint density at radius 3 is 1.53 bits per heavy atom. The quantitative estimate of drug-likeness (QED) is 0.280. The van der Waals surface area contributed by atoms with Crippen LogP contribution in [0.25, 0.3) is 0 Å². The lowest BCUT2D eigenvalue weighted by Gasteiger charge is -2.16. The number of phenols is 2. The molecule has 7 heteroatoms. The van der Waals surface area contributed by atoms with Crippen molar-refractivity contribution < 1.29 is 33.9 Å². The molecule has 0 bridgehead atoms. The summed E-state index contributed by atoms with van der Waals surface area (Å²) in [5.74, 6) is 2.75. The van der Waals surface area contributed by atoms with Crippen LogP contribution in [0.3, 0.4) is 0 Å². The zero-order chi connectivity index (χ0) is 25.8. The van der Waals surface area contributed by atoms with E-state index in [1.807, 2.05) is 72.8 Å². The Morgan fingerprint density at radius 2 is 1.06 bits per heavy atom. The van der Waals surface area contributed by atoms with Crippen LogP contribution < -0.4 is 23.7 Å². The van der Waals surface area contributed by atoms with E-state index in [2.05, 4.69) is 0 Å². The molecule has 0 saturated carbocycles. The molecule has 0 aliphatic rings. The molecule has 4 aromatic carbocycles. The second-order valence-corrected chi connectivity index (χ2v) is 7.56. The molecule has 0 heterocycles. The Hall–Kier alpha value is -4.52. The van der Waals surface area contributed by atoms with E-state index in [1.165, 1.54) is 25.3 Å². The van der Waals surface area contributed by atoms with Gasteiger partial charge in [-0.3, -0.25) is 0 Å². The van der Waals surface area contributed by atoms with Crippen molar-refractivity contribution in [1.82, 2.24) is 0 Å². The molecule has 188 valence electrons. The molecule has 0 radical (unpaired) electrons. The van der Waals surface area contributed by atoms with Crippen molar-refractivity contribution in [1.29, 1.82) is 0 Å². The molecule has 0 aromatic heterocycles. The minimum atomic E-state index is 0.0281. The van der Waals surface area contributed by atoms with Crippen molar-refractivity contribution in [2.24, 2.45) is 0 Å². The van der Waals surface area contributed by atoms with Crippen molar-refractivity contribution in [3.63, 3.8) is 0 Å². The van der Waals surface area contributed by atoms with Gasteiger partial charge in [-0.05, 0) is 23.3 Å². The molecule has 0 fully saturated rings. The van der Waals surface area contributed by atoms with Gasteiger partial charge in [0.2, 0.25) is 5.75 Å². The SMILES string of the molecule is COc1cc(O)ccc1O.COc1cc(OCc2ccccc2)cc(OC)c1OCc1ccccc1. The number of hydrogen-bond donors (Lipinski definition) is 2. The van der Waals surface area contributed by atoms with E-state index in [9.17, 15) is 0 Å². The fourth-order valence-corrected chi connectivity index (χ4v) is 3.22. The lowest BCUT2D eigenvalue weighted by molar-refractivity contribution is 0.259. The van der Waals surface area contributed by atoms with Crippen molar-refractivity contribution in [3.8, 4) is 40.2 Å². The first-order valence-corrected chi connectivity index (χ1v) is 11.2. The van der Waals surface area contributed by atoms with Crippen molar-refractivity contribution in [3.05, 3.63) is 102 Å². The maximum absolute atomic E-state index is 9.00. The number of methoxy groups -OCH3 is 3. The van der Waals surface area contributed by atoms with E-state index in [-0.39, 0.29) is 17.2 Å². The summed E-state index contributed by atoms with van der Waals surface area (Å²) in [6.45, 7) is 0.898. The Balaban J connectivity index is 0.000000303. The van der Waals surface area contributed by atoms with Crippen LogP contribution in [0.5, 0.6) is 40.2 Å². The van der Waals surface area contributed by atoms with E-state index < -0.39 is 0 Å². The van der Waals surface area contributed by atoms with E-state index in [1.54, 1.807) is 14.2 Å². The zero-order valence-electron chi connectivity index (χ0n) is 20.5. The van der Waals surface area contributed by atoms with Gasteiger partial charge in [-0.25, -0.2) is 0 Å². The molecule has 0 spiro atoms. The maximum Gasteiger partial charge on any atom is 0.204 e. The molecule has 4 aromatic rings. The van der Waals surface area contributed by atoms with Crippen molar-refractivity contribution in [2.75, 3.05) is 21.3 Å². The summed E-state index contributed by atoms with van der Waals surface area (Å²) in [7, 11) is 4.63. The Bertz CT molecular complexity index is 1190. The van der Waals surface area contributed by atoms with Gasteiger partial charge in [0.05, 0.1) is 21.3 Å². The highest BCUT2D eigenvalue weighted by Crippen LogP contribution is 2.41. The van der Waals surface area contributed by atoms with Crippen LogP contribution in [0.1, 0.15) is 11.1 Å². The highest BCUT2D eigenvalue weighted by molar-refractivity contribution is 5.56. The average molecular weight is 491 g/mol. The van der Waals surface area contributed by atoms with E-state index in [4.69, 9.17) is 33.9 Å². The van der Waals surface area contributed by atoms with Gasteiger partial charge in [-0.1, -0.05) is 60.7 Å². The van der Waals surface area contributed by atoms with E-state index >= 15 is 0 Å².